The standard InChI is InChI=1S/C22H25N7O2/c1-6-16-13(3)29-31-21(16)18-10-26-22(23-8-7-17-14(4)28-30-15(17)5)27-20(18)19-11-24-12(2)9-25-19/h9-11H,6-8H2,1-5H3,(H,23,26,27). The van der Waals surface area contributed by atoms with Gasteiger partial charge >= 0.3 is 0 Å². The highest BCUT2D eigenvalue weighted by atomic mass is 16.5. The summed E-state index contributed by atoms with van der Waals surface area (Å²) in [5.41, 5.74) is 6.76. The van der Waals surface area contributed by atoms with Gasteiger partial charge in [-0.1, -0.05) is 17.2 Å². The van der Waals surface area contributed by atoms with Crippen molar-refractivity contribution in [2.75, 3.05) is 11.9 Å². The SMILES string of the molecule is CCc1c(C)noc1-c1cnc(NCCc2c(C)noc2C)nc1-c1cnc(C)cn1. The topological polar surface area (TPSA) is 116 Å². The Morgan fingerprint density at radius 3 is 2.32 bits per heavy atom. The molecule has 0 aromatic carbocycles. The zero-order chi connectivity index (χ0) is 22.0. The van der Waals surface area contributed by atoms with Gasteiger partial charge in [-0.25, -0.2) is 9.97 Å². The van der Waals surface area contributed by atoms with E-state index in [1.807, 2.05) is 27.7 Å². The van der Waals surface area contributed by atoms with E-state index in [1.54, 1.807) is 18.6 Å². The highest BCUT2D eigenvalue weighted by Gasteiger charge is 2.21. The average molecular weight is 419 g/mol. The van der Waals surface area contributed by atoms with E-state index in [4.69, 9.17) is 14.0 Å². The third-order valence-corrected chi connectivity index (χ3v) is 5.23. The molecule has 0 aliphatic heterocycles. The summed E-state index contributed by atoms with van der Waals surface area (Å²) in [6.07, 6.45) is 6.73. The maximum Gasteiger partial charge on any atom is 0.223 e. The minimum atomic E-state index is 0.502. The molecule has 160 valence electrons. The molecule has 0 radical (unpaired) electrons. The molecule has 31 heavy (non-hydrogen) atoms. The Labute approximate surface area is 180 Å². The second-order valence-electron chi connectivity index (χ2n) is 7.41. The third-order valence-electron chi connectivity index (χ3n) is 5.23. The van der Waals surface area contributed by atoms with Crippen LogP contribution in [0.25, 0.3) is 22.7 Å². The molecular formula is C22H25N7O2. The zero-order valence-electron chi connectivity index (χ0n) is 18.4. The van der Waals surface area contributed by atoms with E-state index in [0.29, 0.717) is 29.6 Å². The highest BCUT2D eigenvalue weighted by molar-refractivity contribution is 5.78. The predicted molar refractivity (Wildman–Crippen MR) is 116 cm³/mol. The first-order chi connectivity index (χ1) is 15.0. The van der Waals surface area contributed by atoms with Gasteiger partial charge in [0.25, 0.3) is 0 Å². The lowest BCUT2D eigenvalue weighted by molar-refractivity contribution is 0.392. The molecule has 0 aliphatic rings. The second kappa shape index (κ2) is 8.63. The minimum absolute atomic E-state index is 0.502. The first kappa shape index (κ1) is 20.6. The highest BCUT2D eigenvalue weighted by Crippen LogP contribution is 2.33. The summed E-state index contributed by atoms with van der Waals surface area (Å²) in [6, 6.07) is 0. The number of hydrogen-bond donors (Lipinski definition) is 1. The summed E-state index contributed by atoms with van der Waals surface area (Å²) in [6.45, 7) is 10.4. The molecule has 4 aromatic heterocycles. The van der Waals surface area contributed by atoms with Gasteiger partial charge in [-0.2, -0.15) is 0 Å². The maximum absolute atomic E-state index is 5.64. The van der Waals surface area contributed by atoms with E-state index >= 15 is 0 Å². The quantitative estimate of drug-likeness (QED) is 0.474. The fourth-order valence-electron chi connectivity index (χ4n) is 3.52. The lowest BCUT2D eigenvalue weighted by atomic mass is 10.0. The Morgan fingerprint density at radius 1 is 0.871 bits per heavy atom. The van der Waals surface area contributed by atoms with Crippen LogP contribution >= 0.6 is 0 Å². The Kier molecular flexibility index (Phi) is 5.75. The minimum Gasteiger partial charge on any atom is -0.361 e. The molecular weight excluding hydrogens is 394 g/mol. The number of hydrogen-bond acceptors (Lipinski definition) is 9. The lowest BCUT2D eigenvalue weighted by Gasteiger charge is -2.10. The zero-order valence-corrected chi connectivity index (χ0v) is 18.4. The molecule has 4 heterocycles. The smallest absolute Gasteiger partial charge is 0.223 e. The van der Waals surface area contributed by atoms with E-state index in [2.05, 4.69) is 37.5 Å². The molecule has 4 rings (SSSR count). The van der Waals surface area contributed by atoms with Crippen molar-refractivity contribution < 1.29 is 9.05 Å². The number of aryl methyl sites for hydroxylation is 4. The fourth-order valence-corrected chi connectivity index (χ4v) is 3.52. The van der Waals surface area contributed by atoms with Gasteiger partial charge in [0.15, 0.2) is 5.76 Å². The number of aromatic nitrogens is 6. The Hall–Kier alpha value is -3.62. The van der Waals surface area contributed by atoms with Crippen molar-refractivity contribution in [1.82, 2.24) is 30.2 Å². The first-order valence-corrected chi connectivity index (χ1v) is 10.2. The number of nitrogens with zero attached hydrogens (tertiary/aromatic N) is 6. The second-order valence-corrected chi connectivity index (χ2v) is 7.41. The van der Waals surface area contributed by atoms with Crippen LogP contribution in [-0.2, 0) is 12.8 Å². The van der Waals surface area contributed by atoms with Crippen LogP contribution < -0.4 is 5.32 Å². The van der Waals surface area contributed by atoms with Gasteiger partial charge in [-0.05, 0) is 40.5 Å². The van der Waals surface area contributed by atoms with Crippen LogP contribution in [0.15, 0.2) is 27.6 Å². The number of rotatable bonds is 7. The van der Waals surface area contributed by atoms with Gasteiger partial charge in [-0.3, -0.25) is 9.97 Å². The van der Waals surface area contributed by atoms with Crippen molar-refractivity contribution in [2.24, 2.45) is 0 Å². The maximum atomic E-state index is 5.64. The van der Waals surface area contributed by atoms with Crippen molar-refractivity contribution in [2.45, 2.75) is 47.5 Å². The van der Waals surface area contributed by atoms with Crippen LogP contribution in [0.5, 0.6) is 0 Å². The van der Waals surface area contributed by atoms with E-state index in [1.165, 1.54) is 0 Å². The molecule has 0 spiro atoms. The predicted octanol–water partition coefficient (Wildman–Crippen LogP) is 4.03. The first-order valence-electron chi connectivity index (χ1n) is 10.2. The van der Waals surface area contributed by atoms with Gasteiger partial charge in [0.05, 0.1) is 28.8 Å². The molecule has 0 atom stereocenters. The van der Waals surface area contributed by atoms with Crippen LogP contribution in [0.2, 0.25) is 0 Å². The monoisotopic (exact) mass is 419 g/mol. The molecule has 0 fully saturated rings. The van der Waals surface area contributed by atoms with E-state index in [9.17, 15) is 0 Å². The van der Waals surface area contributed by atoms with Gasteiger partial charge in [-0.15, -0.1) is 0 Å². The molecule has 0 amide bonds. The van der Waals surface area contributed by atoms with Crippen molar-refractivity contribution in [3.63, 3.8) is 0 Å². The summed E-state index contributed by atoms with van der Waals surface area (Å²) in [5, 5.41) is 11.4. The summed E-state index contributed by atoms with van der Waals surface area (Å²) in [5.74, 6) is 2.00. The number of nitrogens with one attached hydrogen (secondary N) is 1. The number of anilines is 1. The molecule has 0 saturated carbocycles. The summed E-state index contributed by atoms with van der Waals surface area (Å²) < 4.78 is 10.9. The molecule has 9 heteroatoms. The summed E-state index contributed by atoms with van der Waals surface area (Å²) >= 11 is 0. The van der Waals surface area contributed by atoms with Crippen LogP contribution in [0.4, 0.5) is 5.95 Å². The van der Waals surface area contributed by atoms with Crippen molar-refractivity contribution >= 4 is 5.95 Å². The average Bonchev–Trinajstić information content (AvgIpc) is 3.30. The molecule has 9 nitrogen and oxygen atoms in total. The summed E-state index contributed by atoms with van der Waals surface area (Å²) in [4.78, 5) is 18.2. The molecule has 1 N–H and O–H groups in total. The largest absolute Gasteiger partial charge is 0.361 e. The van der Waals surface area contributed by atoms with Crippen molar-refractivity contribution in [3.8, 4) is 22.7 Å². The van der Waals surface area contributed by atoms with E-state index < -0.39 is 0 Å². The normalized spacial score (nSPS) is 11.1. The van der Waals surface area contributed by atoms with Crippen LogP contribution in [-0.4, -0.2) is 36.8 Å². The van der Waals surface area contributed by atoms with Crippen molar-refractivity contribution in [1.29, 1.82) is 0 Å². The summed E-state index contributed by atoms with van der Waals surface area (Å²) in [7, 11) is 0. The van der Waals surface area contributed by atoms with Gasteiger partial charge in [0, 0.05) is 30.1 Å². The molecule has 0 bridgehead atoms. The van der Waals surface area contributed by atoms with Crippen LogP contribution in [0.3, 0.4) is 0 Å². The Morgan fingerprint density at radius 2 is 1.65 bits per heavy atom. The third kappa shape index (κ3) is 4.16. The fraction of sp³-hybridized carbons (Fsp3) is 0.364. The van der Waals surface area contributed by atoms with E-state index in [-0.39, 0.29) is 0 Å². The molecule has 0 unspecified atom stereocenters. The lowest BCUT2D eigenvalue weighted by Crippen LogP contribution is -2.10. The molecule has 0 saturated heterocycles. The molecule has 0 aliphatic carbocycles. The molecule has 4 aromatic rings. The van der Waals surface area contributed by atoms with Crippen molar-refractivity contribution in [3.05, 3.63) is 52.6 Å². The van der Waals surface area contributed by atoms with Gasteiger partial charge < -0.3 is 14.4 Å². The Balaban J connectivity index is 1.67. The van der Waals surface area contributed by atoms with Crippen LogP contribution in [0.1, 0.15) is 40.9 Å². The van der Waals surface area contributed by atoms with Gasteiger partial charge in [0.2, 0.25) is 5.95 Å². The van der Waals surface area contributed by atoms with E-state index in [0.717, 1.165) is 52.4 Å². The Bertz CT molecular complexity index is 1180. The van der Waals surface area contributed by atoms with Crippen LogP contribution in [0, 0.1) is 27.7 Å². The van der Waals surface area contributed by atoms with Gasteiger partial charge in [0.1, 0.15) is 17.1 Å².